The summed E-state index contributed by atoms with van der Waals surface area (Å²) in [5.74, 6) is -2.71. The lowest BCUT2D eigenvalue weighted by molar-refractivity contribution is -0.175. The highest BCUT2D eigenvalue weighted by Gasteiger charge is 2.51. The Hall–Kier alpha value is -1.20. The maximum atomic E-state index is 13.0. The summed E-state index contributed by atoms with van der Waals surface area (Å²) in [6, 6.07) is 0. The first-order chi connectivity index (χ1) is 10.7. The van der Waals surface area contributed by atoms with Crippen molar-refractivity contribution in [3.8, 4) is 0 Å². The second-order valence-electron chi connectivity index (χ2n) is 6.94. The lowest BCUT2D eigenvalue weighted by atomic mass is 9.88. The Kier molecular flexibility index (Phi) is 5.63. The van der Waals surface area contributed by atoms with Crippen molar-refractivity contribution in [2.75, 3.05) is 0 Å². The van der Waals surface area contributed by atoms with E-state index in [0.29, 0.717) is 18.8 Å². The zero-order valence-corrected chi connectivity index (χ0v) is 13.6. The Morgan fingerprint density at radius 1 is 1.43 bits per heavy atom. The molecule has 1 heterocycles. The number of rotatable bonds is 6. The Bertz CT molecular complexity index is 458. The molecule has 132 valence electrons. The van der Waals surface area contributed by atoms with Crippen LogP contribution in [0.5, 0.6) is 0 Å². The van der Waals surface area contributed by atoms with E-state index in [1.165, 1.54) is 6.08 Å². The fraction of sp³-hybridized carbons (Fsp3) is 0.824. The average molecular weight is 334 g/mol. The molecule has 1 saturated heterocycles. The molecule has 6 heteroatoms. The Labute approximate surface area is 134 Å². The molecule has 1 unspecified atom stereocenters. The molecule has 1 aliphatic heterocycles. The first-order valence-electron chi connectivity index (χ1n) is 8.40. The van der Waals surface area contributed by atoms with E-state index in [1.54, 1.807) is 0 Å². The number of carbonyl (C=O) groups is 1. The van der Waals surface area contributed by atoms with Crippen molar-refractivity contribution in [3.63, 3.8) is 0 Å². The first-order valence-corrected chi connectivity index (χ1v) is 8.40. The Morgan fingerprint density at radius 2 is 2.13 bits per heavy atom. The van der Waals surface area contributed by atoms with Crippen molar-refractivity contribution in [3.05, 3.63) is 11.8 Å². The van der Waals surface area contributed by atoms with Gasteiger partial charge in [0.15, 0.2) is 0 Å². The summed E-state index contributed by atoms with van der Waals surface area (Å²) in [5.41, 5.74) is 0. The highest BCUT2D eigenvalue weighted by atomic mass is 19.4. The minimum absolute atomic E-state index is 0.0436. The minimum Gasteiger partial charge on any atom is -0.512 e. The predicted octanol–water partition coefficient (Wildman–Crippen LogP) is 4.77. The van der Waals surface area contributed by atoms with E-state index in [2.05, 4.69) is 6.92 Å². The summed E-state index contributed by atoms with van der Waals surface area (Å²) in [5, 5.41) is 10.2. The van der Waals surface area contributed by atoms with Gasteiger partial charge in [-0.15, -0.1) is 0 Å². The zero-order chi connectivity index (χ0) is 17.2. The van der Waals surface area contributed by atoms with Gasteiger partial charge in [0.2, 0.25) is 0 Å². The lowest BCUT2D eigenvalue weighted by Crippen LogP contribution is -2.23. The molecule has 1 aliphatic carbocycles. The number of aliphatic hydroxyl groups is 1. The van der Waals surface area contributed by atoms with Crippen LogP contribution >= 0.6 is 0 Å². The molecule has 3 nitrogen and oxygen atoms in total. The van der Waals surface area contributed by atoms with Gasteiger partial charge in [0.05, 0.1) is 5.92 Å². The molecular weight excluding hydrogens is 309 g/mol. The van der Waals surface area contributed by atoms with Gasteiger partial charge >= 0.3 is 12.1 Å². The van der Waals surface area contributed by atoms with Crippen LogP contribution in [0.2, 0.25) is 0 Å². The van der Waals surface area contributed by atoms with Crippen molar-refractivity contribution in [1.82, 2.24) is 0 Å². The van der Waals surface area contributed by atoms with Crippen LogP contribution < -0.4 is 0 Å². The van der Waals surface area contributed by atoms with E-state index in [9.17, 15) is 23.1 Å². The molecule has 0 aromatic heterocycles. The van der Waals surface area contributed by atoms with E-state index in [4.69, 9.17) is 4.74 Å². The summed E-state index contributed by atoms with van der Waals surface area (Å²) in [7, 11) is 0. The van der Waals surface area contributed by atoms with Crippen LogP contribution in [0.1, 0.15) is 52.4 Å². The number of ether oxygens (including phenoxy) is 1. The van der Waals surface area contributed by atoms with Crippen LogP contribution in [0, 0.1) is 23.7 Å². The molecule has 0 bridgehead atoms. The number of hydrogen-bond donors (Lipinski definition) is 1. The van der Waals surface area contributed by atoms with E-state index in [1.807, 2.05) is 6.92 Å². The van der Waals surface area contributed by atoms with Crippen LogP contribution in [-0.2, 0) is 9.53 Å². The van der Waals surface area contributed by atoms with Crippen LogP contribution in [0.15, 0.2) is 11.8 Å². The second kappa shape index (κ2) is 7.14. The van der Waals surface area contributed by atoms with Crippen molar-refractivity contribution in [2.45, 2.75) is 64.7 Å². The molecule has 0 radical (unpaired) electrons. The number of esters is 1. The molecule has 0 aromatic carbocycles. The molecule has 1 N–H and O–H groups in total. The fourth-order valence-corrected chi connectivity index (χ4v) is 3.76. The molecule has 2 rings (SSSR count). The molecule has 2 fully saturated rings. The van der Waals surface area contributed by atoms with Gasteiger partial charge in [0.1, 0.15) is 17.8 Å². The van der Waals surface area contributed by atoms with Crippen LogP contribution in [0.3, 0.4) is 0 Å². The van der Waals surface area contributed by atoms with Crippen molar-refractivity contribution < 1.29 is 27.8 Å². The second-order valence-corrected chi connectivity index (χ2v) is 6.94. The number of allylic oxidation sites excluding steroid dienone is 1. The SMILES string of the molecule is CCCC[C@H](CC=C(O)C1C(=O)O[C@@H]2C[C@H](C)C[C@@H]12)C(F)(F)F. The van der Waals surface area contributed by atoms with Gasteiger partial charge in [-0.1, -0.05) is 26.7 Å². The van der Waals surface area contributed by atoms with Crippen LogP contribution in [0.25, 0.3) is 0 Å². The third-order valence-electron chi connectivity index (χ3n) is 5.04. The normalized spacial score (nSPS) is 32.7. The molecule has 0 aromatic rings. The number of halogens is 3. The quantitative estimate of drug-likeness (QED) is 0.562. The number of carbonyl (C=O) groups excluding carboxylic acids is 1. The third kappa shape index (κ3) is 4.21. The summed E-state index contributed by atoms with van der Waals surface area (Å²) in [4.78, 5) is 11.9. The van der Waals surface area contributed by atoms with Gasteiger partial charge in [-0.05, 0) is 37.7 Å². The van der Waals surface area contributed by atoms with Gasteiger partial charge in [0, 0.05) is 5.92 Å². The largest absolute Gasteiger partial charge is 0.512 e. The Balaban J connectivity index is 2.04. The zero-order valence-electron chi connectivity index (χ0n) is 13.6. The molecule has 0 amide bonds. The van der Waals surface area contributed by atoms with Gasteiger partial charge in [-0.3, -0.25) is 4.79 Å². The van der Waals surface area contributed by atoms with Crippen LogP contribution in [-0.4, -0.2) is 23.4 Å². The fourth-order valence-electron chi connectivity index (χ4n) is 3.76. The monoisotopic (exact) mass is 334 g/mol. The van der Waals surface area contributed by atoms with Gasteiger partial charge in [0.25, 0.3) is 0 Å². The first kappa shape index (κ1) is 18.1. The molecule has 2 aliphatic rings. The lowest BCUT2D eigenvalue weighted by Gasteiger charge is -2.19. The van der Waals surface area contributed by atoms with Gasteiger partial charge in [-0.2, -0.15) is 13.2 Å². The standard InChI is InChI=1S/C17H25F3O3/c1-3-4-5-11(17(18,19)20)6-7-13(21)15-12-8-10(2)9-14(12)23-16(15)22/h7,10-12,14-15,21H,3-6,8-9H2,1-2H3/t10-,11-,12-,14-,15?/m1/s1. The maximum Gasteiger partial charge on any atom is 0.392 e. The van der Waals surface area contributed by atoms with Gasteiger partial charge < -0.3 is 9.84 Å². The summed E-state index contributed by atoms with van der Waals surface area (Å²) >= 11 is 0. The minimum atomic E-state index is -4.29. The van der Waals surface area contributed by atoms with Crippen LogP contribution in [0.4, 0.5) is 13.2 Å². The summed E-state index contributed by atoms with van der Waals surface area (Å²) in [6.07, 6.45) is -0.826. The summed E-state index contributed by atoms with van der Waals surface area (Å²) in [6.45, 7) is 3.89. The predicted molar refractivity (Wildman–Crippen MR) is 79.7 cm³/mol. The third-order valence-corrected chi connectivity index (χ3v) is 5.04. The number of aliphatic hydroxyl groups excluding tert-OH is 1. The van der Waals surface area contributed by atoms with E-state index in [-0.39, 0.29) is 30.6 Å². The molecule has 5 atom stereocenters. The average Bonchev–Trinajstić information content (AvgIpc) is 2.91. The molecule has 0 spiro atoms. The highest BCUT2D eigenvalue weighted by Crippen LogP contribution is 2.45. The molecule has 1 saturated carbocycles. The van der Waals surface area contributed by atoms with Crippen molar-refractivity contribution >= 4 is 5.97 Å². The van der Waals surface area contributed by atoms with E-state index < -0.39 is 24.0 Å². The number of fused-ring (bicyclic) bond motifs is 1. The highest BCUT2D eigenvalue weighted by molar-refractivity contribution is 5.78. The van der Waals surface area contributed by atoms with E-state index in [0.717, 1.165) is 12.8 Å². The number of alkyl halides is 3. The van der Waals surface area contributed by atoms with E-state index >= 15 is 0 Å². The summed E-state index contributed by atoms with van der Waals surface area (Å²) < 4.78 is 44.3. The smallest absolute Gasteiger partial charge is 0.392 e. The molecular formula is C17H25F3O3. The molecule has 23 heavy (non-hydrogen) atoms. The van der Waals surface area contributed by atoms with Crippen molar-refractivity contribution in [1.29, 1.82) is 0 Å². The topological polar surface area (TPSA) is 46.5 Å². The maximum absolute atomic E-state index is 13.0. The van der Waals surface area contributed by atoms with Crippen molar-refractivity contribution in [2.24, 2.45) is 23.7 Å². The number of unbranched alkanes of at least 4 members (excludes halogenated alkanes) is 1. The number of hydrogen-bond acceptors (Lipinski definition) is 3. The van der Waals surface area contributed by atoms with Gasteiger partial charge in [-0.25, -0.2) is 0 Å². The Morgan fingerprint density at radius 3 is 2.74 bits per heavy atom.